The van der Waals surface area contributed by atoms with Crippen LogP contribution in [0.25, 0.3) is 0 Å². The van der Waals surface area contributed by atoms with E-state index in [1.807, 2.05) is 11.9 Å². The number of benzene rings is 2. The van der Waals surface area contributed by atoms with E-state index in [-0.39, 0.29) is 5.83 Å². The lowest BCUT2D eigenvalue weighted by molar-refractivity contribution is -0.655. The molecule has 0 aliphatic heterocycles. The van der Waals surface area contributed by atoms with Crippen molar-refractivity contribution >= 4 is 22.0 Å². The molecule has 2 aromatic carbocycles. The fraction of sp³-hybridized carbons (Fsp3) is 0.433. The van der Waals surface area contributed by atoms with Crippen LogP contribution in [0.3, 0.4) is 0 Å². The van der Waals surface area contributed by atoms with E-state index in [1.165, 1.54) is 67.8 Å². The van der Waals surface area contributed by atoms with Gasteiger partial charge in [-0.25, -0.2) is 18.0 Å². The van der Waals surface area contributed by atoms with Crippen LogP contribution in [0.2, 0.25) is 0 Å². The van der Waals surface area contributed by atoms with E-state index in [9.17, 15) is 18.0 Å². The summed E-state index contributed by atoms with van der Waals surface area (Å²) in [6, 6.07) is 11.0. The molecule has 38 heavy (non-hydrogen) atoms. The van der Waals surface area contributed by atoms with Crippen molar-refractivity contribution in [2.75, 3.05) is 18.9 Å². The van der Waals surface area contributed by atoms with Gasteiger partial charge in [-0.15, -0.1) is 0 Å². The van der Waals surface area contributed by atoms with Crippen LogP contribution in [0.15, 0.2) is 72.1 Å². The van der Waals surface area contributed by atoms with Crippen molar-refractivity contribution in [2.45, 2.75) is 58.5 Å². The molecule has 2 aromatic rings. The number of ether oxygens (including phenoxy) is 1. The van der Waals surface area contributed by atoms with E-state index in [4.69, 9.17) is 10.5 Å². The third-order valence-corrected chi connectivity index (χ3v) is 6.32. The molecule has 0 saturated carbocycles. The molecule has 0 bridgehead atoms. The van der Waals surface area contributed by atoms with Gasteiger partial charge in [-0.3, -0.25) is 0 Å². The maximum Gasteiger partial charge on any atom is 0.405 e. The van der Waals surface area contributed by atoms with Gasteiger partial charge < -0.3 is 15.8 Å². The molecular formula is C30H41BrF3N2O2+. The molecular weight excluding hydrogens is 557 g/mol. The van der Waals surface area contributed by atoms with Gasteiger partial charge in [0.1, 0.15) is 17.5 Å². The lowest BCUT2D eigenvalue weighted by Crippen LogP contribution is -2.84. The second-order valence-corrected chi connectivity index (χ2v) is 8.95. The Morgan fingerprint density at radius 1 is 0.947 bits per heavy atom. The molecule has 0 aromatic heterocycles. The van der Waals surface area contributed by atoms with Crippen LogP contribution in [-0.4, -0.2) is 25.0 Å². The summed E-state index contributed by atoms with van der Waals surface area (Å²) in [6.07, 6.45) is 8.23. The Balaban J connectivity index is 0.000000359. The maximum atomic E-state index is 13.2. The summed E-state index contributed by atoms with van der Waals surface area (Å²) in [5.74, 6) is 1.79. The van der Waals surface area contributed by atoms with Crippen molar-refractivity contribution in [2.24, 2.45) is 11.7 Å². The van der Waals surface area contributed by atoms with E-state index in [2.05, 4.69) is 35.1 Å². The predicted octanol–water partition coefficient (Wildman–Crippen LogP) is 7.50. The molecule has 0 atom stereocenters. The van der Waals surface area contributed by atoms with Gasteiger partial charge in [0.2, 0.25) is 0 Å². The Morgan fingerprint density at radius 3 is 1.97 bits per heavy atom. The predicted molar refractivity (Wildman–Crippen MR) is 152 cm³/mol. The Morgan fingerprint density at radius 2 is 1.53 bits per heavy atom. The number of hydrogen-bond acceptors (Lipinski definition) is 2. The van der Waals surface area contributed by atoms with Gasteiger partial charge >= 0.3 is 6.09 Å². The van der Waals surface area contributed by atoms with Crippen molar-refractivity contribution < 1.29 is 28.0 Å². The number of carbonyl (C=O) groups excluding carboxylic acids is 1. The Bertz CT molecular complexity index is 981. The summed E-state index contributed by atoms with van der Waals surface area (Å²) in [5, 5.41) is 2.41. The Kier molecular flexibility index (Phi) is 17.1. The van der Waals surface area contributed by atoms with Crippen molar-refractivity contribution in [3.8, 4) is 0 Å². The summed E-state index contributed by atoms with van der Waals surface area (Å²) in [5.41, 5.74) is 7.16. The van der Waals surface area contributed by atoms with Gasteiger partial charge in [0, 0.05) is 12.8 Å². The van der Waals surface area contributed by atoms with E-state index >= 15 is 0 Å². The van der Waals surface area contributed by atoms with E-state index in [0.29, 0.717) is 17.5 Å². The molecule has 3 rings (SSSR count). The summed E-state index contributed by atoms with van der Waals surface area (Å²) in [6.45, 7) is 6.95. The van der Waals surface area contributed by atoms with Gasteiger partial charge in [-0.1, -0.05) is 78.5 Å². The summed E-state index contributed by atoms with van der Waals surface area (Å²) in [7, 11) is 0. The van der Waals surface area contributed by atoms with E-state index in [0.717, 1.165) is 25.3 Å². The molecule has 0 fully saturated rings. The first-order valence-electron chi connectivity index (χ1n) is 13.0. The van der Waals surface area contributed by atoms with Crippen LogP contribution in [0.1, 0.15) is 69.6 Å². The highest BCUT2D eigenvalue weighted by Crippen LogP contribution is 2.27. The molecule has 210 valence electrons. The third kappa shape index (κ3) is 13.3. The molecule has 0 spiro atoms. The molecule has 1 amide bonds. The largest absolute Gasteiger partial charge is 0.437 e. The zero-order valence-electron chi connectivity index (χ0n) is 22.6. The minimum atomic E-state index is -1.02. The number of primary amides is 1. The Hall–Kier alpha value is -2.58. The molecule has 4 N–H and O–H groups in total. The van der Waals surface area contributed by atoms with Gasteiger partial charge in [0.15, 0.2) is 6.10 Å². The van der Waals surface area contributed by atoms with E-state index < -0.39 is 23.8 Å². The third-order valence-electron chi connectivity index (χ3n) is 6.32. The zero-order valence-corrected chi connectivity index (χ0v) is 24.2. The van der Waals surface area contributed by atoms with Gasteiger partial charge in [-0.2, -0.15) is 0 Å². The smallest absolute Gasteiger partial charge is 0.405 e. The van der Waals surface area contributed by atoms with Crippen molar-refractivity contribution in [3.05, 3.63) is 94.8 Å². The SMILES string of the molecule is CBr.CCC(CC)CC[NH2+]CCC1=CC=C(F)CC1.NC(=O)OC(c1cccc(F)c1)c1cccc(F)c1. The van der Waals surface area contributed by atoms with Gasteiger partial charge in [0.25, 0.3) is 0 Å². The average Bonchev–Trinajstić information content (AvgIpc) is 2.92. The van der Waals surface area contributed by atoms with Crippen LogP contribution in [0.4, 0.5) is 18.0 Å². The molecule has 1 aliphatic carbocycles. The monoisotopic (exact) mass is 597 g/mol. The average molecular weight is 599 g/mol. The number of allylic oxidation sites excluding steroid dienone is 3. The first kappa shape index (κ1) is 33.4. The highest BCUT2D eigenvalue weighted by atomic mass is 79.9. The summed E-state index contributed by atoms with van der Waals surface area (Å²) >= 11 is 2.94. The summed E-state index contributed by atoms with van der Waals surface area (Å²) < 4.78 is 44.1. The molecule has 0 heterocycles. The first-order valence-corrected chi connectivity index (χ1v) is 14.6. The lowest BCUT2D eigenvalue weighted by Gasteiger charge is -2.17. The van der Waals surface area contributed by atoms with Crippen LogP contribution < -0.4 is 11.1 Å². The molecule has 0 unspecified atom stereocenters. The second kappa shape index (κ2) is 19.5. The van der Waals surface area contributed by atoms with Crippen molar-refractivity contribution in [1.29, 1.82) is 0 Å². The van der Waals surface area contributed by atoms with Gasteiger partial charge in [0.05, 0.1) is 13.1 Å². The van der Waals surface area contributed by atoms with Crippen LogP contribution in [-0.2, 0) is 4.74 Å². The number of halogens is 4. The summed E-state index contributed by atoms with van der Waals surface area (Å²) in [4.78, 5) is 10.9. The quantitative estimate of drug-likeness (QED) is 0.208. The fourth-order valence-electron chi connectivity index (χ4n) is 4.13. The number of amides is 1. The first-order chi connectivity index (χ1) is 18.3. The lowest BCUT2D eigenvalue weighted by atomic mass is 9.99. The zero-order chi connectivity index (χ0) is 28.3. The minimum absolute atomic E-state index is 0.0338. The topological polar surface area (TPSA) is 68.9 Å². The molecule has 0 radical (unpaired) electrons. The van der Waals surface area contributed by atoms with Crippen LogP contribution in [0.5, 0.6) is 0 Å². The van der Waals surface area contributed by atoms with Gasteiger partial charge in [-0.05, 0) is 66.1 Å². The Labute approximate surface area is 233 Å². The molecule has 0 saturated heterocycles. The number of hydrogen-bond donors (Lipinski definition) is 2. The number of quaternary nitrogens is 1. The van der Waals surface area contributed by atoms with Crippen molar-refractivity contribution in [3.63, 3.8) is 0 Å². The van der Waals surface area contributed by atoms with Crippen molar-refractivity contribution in [1.82, 2.24) is 0 Å². The van der Waals surface area contributed by atoms with E-state index in [1.54, 1.807) is 18.2 Å². The minimum Gasteiger partial charge on any atom is -0.437 e. The normalized spacial score (nSPS) is 12.6. The number of carbonyl (C=O) groups is 1. The van der Waals surface area contributed by atoms with Crippen LogP contribution in [0, 0.1) is 17.6 Å². The number of alkyl halides is 1. The number of rotatable bonds is 11. The second-order valence-electron chi connectivity index (χ2n) is 8.95. The van der Waals surface area contributed by atoms with Crippen LogP contribution >= 0.6 is 15.9 Å². The highest BCUT2D eigenvalue weighted by Gasteiger charge is 2.19. The molecule has 1 aliphatic rings. The molecule has 4 nitrogen and oxygen atoms in total. The number of nitrogens with two attached hydrogens (primary N) is 2. The highest BCUT2D eigenvalue weighted by molar-refractivity contribution is 9.08. The standard InChI is InChI=1S/C15H26FN.C14H11F2NO2.CH3Br/c1-3-13(4-2)9-11-17-12-10-14-5-7-15(16)8-6-14;15-11-5-1-3-9(7-11)13(19-14(17)18)10-4-2-6-12(16)8-10;1-2/h5,7,13,17H,3-4,6,8-12H2,1-2H3;1-8,13H,(H2,17,18);1H3/p+1. The fourth-order valence-corrected chi connectivity index (χ4v) is 4.13. The molecule has 8 heteroatoms. The maximum absolute atomic E-state index is 13.2.